The van der Waals surface area contributed by atoms with Crippen LogP contribution in [0.5, 0.6) is 0 Å². The third-order valence-electron chi connectivity index (χ3n) is 5.26. The number of ether oxygens (including phenoxy) is 2. The van der Waals surface area contributed by atoms with Crippen LogP contribution in [0.15, 0.2) is 23.8 Å². The Morgan fingerprint density at radius 3 is 2.48 bits per heavy atom. The predicted octanol–water partition coefficient (Wildman–Crippen LogP) is 3.78. The van der Waals surface area contributed by atoms with Gasteiger partial charge >= 0.3 is 0 Å². The highest BCUT2D eigenvalue weighted by Gasteiger charge is 2.52. The largest absolute Gasteiger partial charge is 0.411 e. The van der Waals surface area contributed by atoms with Crippen molar-refractivity contribution < 1.29 is 19.0 Å². The summed E-state index contributed by atoms with van der Waals surface area (Å²) >= 11 is 0. The van der Waals surface area contributed by atoms with Crippen LogP contribution in [-0.2, 0) is 13.9 Å². The summed E-state index contributed by atoms with van der Waals surface area (Å²) < 4.78 is 18.9. The minimum Gasteiger partial charge on any atom is -0.411 e. The second kappa shape index (κ2) is 6.12. The van der Waals surface area contributed by atoms with Crippen LogP contribution in [0.1, 0.15) is 41.0 Å². The fourth-order valence-corrected chi connectivity index (χ4v) is 4.29. The average Bonchev–Trinajstić information content (AvgIpc) is 2.70. The summed E-state index contributed by atoms with van der Waals surface area (Å²) in [5.41, 5.74) is 1.93. The highest BCUT2D eigenvalue weighted by atomic mass is 28.4. The molecule has 2 rings (SSSR count). The number of hydrogen-bond acceptors (Lipinski definition) is 4. The van der Waals surface area contributed by atoms with Crippen molar-refractivity contribution in [3.05, 3.63) is 23.8 Å². The summed E-state index contributed by atoms with van der Waals surface area (Å²) in [5, 5.41) is 9.44. The summed E-state index contributed by atoms with van der Waals surface area (Å²) in [7, 11) is -1.93. The maximum Gasteiger partial charge on any atom is 0.192 e. The average molecular weight is 341 g/mol. The first-order valence-corrected chi connectivity index (χ1v) is 11.3. The Bertz CT molecular complexity index is 502. The maximum atomic E-state index is 9.31. The second-order valence-electron chi connectivity index (χ2n) is 8.58. The lowest BCUT2D eigenvalue weighted by Crippen LogP contribution is -2.51. The lowest BCUT2D eigenvalue weighted by Gasteiger charge is -2.43. The van der Waals surface area contributed by atoms with Gasteiger partial charge in [0.1, 0.15) is 12.2 Å². The molecule has 23 heavy (non-hydrogen) atoms. The molecule has 0 radical (unpaired) electrons. The smallest absolute Gasteiger partial charge is 0.192 e. The van der Waals surface area contributed by atoms with E-state index >= 15 is 0 Å². The van der Waals surface area contributed by atoms with Gasteiger partial charge in [0, 0.05) is 6.42 Å². The normalized spacial score (nSPS) is 33.1. The zero-order valence-electron chi connectivity index (χ0n) is 15.6. The van der Waals surface area contributed by atoms with Gasteiger partial charge in [-0.2, -0.15) is 0 Å². The molecule has 1 aliphatic carbocycles. The van der Waals surface area contributed by atoms with Crippen molar-refractivity contribution in [3.63, 3.8) is 0 Å². The molecule has 1 aliphatic heterocycles. The second-order valence-corrected chi connectivity index (χ2v) is 13.3. The van der Waals surface area contributed by atoms with Gasteiger partial charge in [0.2, 0.25) is 0 Å². The zero-order chi connectivity index (χ0) is 17.6. The SMILES string of the molecule is C=C1/C(=C/CO)C[C@@H](O[Si](C)(C)C(C)(C)C)[C@H]2OC(C)(C)O[C@H]12. The Hall–Kier alpha value is -0.463. The Labute approximate surface area is 141 Å². The van der Waals surface area contributed by atoms with Crippen LogP contribution < -0.4 is 0 Å². The molecule has 0 aromatic carbocycles. The third kappa shape index (κ3) is 3.80. The molecule has 2 fully saturated rings. The van der Waals surface area contributed by atoms with Crippen molar-refractivity contribution in [1.82, 2.24) is 0 Å². The topological polar surface area (TPSA) is 47.9 Å². The highest BCUT2D eigenvalue weighted by molar-refractivity contribution is 6.74. The molecule has 0 bridgehead atoms. The molecule has 1 saturated carbocycles. The molecular weight excluding hydrogens is 308 g/mol. The molecule has 2 aliphatic rings. The van der Waals surface area contributed by atoms with E-state index in [0.29, 0.717) is 6.42 Å². The van der Waals surface area contributed by atoms with Gasteiger partial charge in [0.25, 0.3) is 0 Å². The van der Waals surface area contributed by atoms with Crippen molar-refractivity contribution in [1.29, 1.82) is 0 Å². The van der Waals surface area contributed by atoms with Gasteiger partial charge in [-0.25, -0.2) is 0 Å². The van der Waals surface area contributed by atoms with Crippen LogP contribution in [0.4, 0.5) is 0 Å². The van der Waals surface area contributed by atoms with Crippen molar-refractivity contribution in [2.45, 2.75) is 83.3 Å². The maximum absolute atomic E-state index is 9.31. The Kier molecular flexibility index (Phi) is 5.02. The first-order chi connectivity index (χ1) is 10.4. The first kappa shape index (κ1) is 18.9. The Morgan fingerprint density at radius 1 is 1.35 bits per heavy atom. The molecule has 132 valence electrons. The summed E-state index contributed by atoms with van der Waals surface area (Å²) in [6.45, 7) is 19.2. The van der Waals surface area contributed by atoms with Crippen LogP contribution in [-0.4, -0.2) is 44.1 Å². The Balaban J connectivity index is 2.30. The van der Waals surface area contributed by atoms with E-state index in [4.69, 9.17) is 13.9 Å². The summed E-state index contributed by atoms with van der Waals surface area (Å²) in [6.07, 6.45) is 2.13. The van der Waals surface area contributed by atoms with Crippen LogP contribution in [0.25, 0.3) is 0 Å². The molecule has 0 amide bonds. The number of aliphatic hydroxyl groups is 1. The van der Waals surface area contributed by atoms with Gasteiger partial charge in [-0.05, 0) is 43.1 Å². The van der Waals surface area contributed by atoms with Crippen LogP contribution in [0.2, 0.25) is 18.1 Å². The molecule has 5 heteroatoms. The van der Waals surface area contributed by atoms with E-state index in [0.717, 1.165) is 11.1 Å². The fourth-order valence-electron chi connectivity index (χ4n) is 2.97. The van der Waals surface area contributed by atoms with Gasteiger partial charge < -0.3 is 19.0 Å². The standard InChI is InChI=1S/C18H32O4Si/c1-12-13(9-10-19)11-14(22-23(7,8)17(2,3)4)16-15(12)20-18(5,6)21-16/h9,14-16,19H,1,10-11H2,2-8H3/b13-9+/t14-,15-,16-/m1/s1. The number of fused-ring (bicyclic) bond motifs is 1. The lowest BCUT2D eigenvalue weighted by molar-refractivity contribution is -0.151. The van der Waals surface area contributed by atoms with Crippen molar-refractivity contribution >= 4 is 8.32 Å². The molecule has 0 aromatic heterocycles. The summed E-state index contributed by atoms with van der Waals surface area (Å²) in [6, 6.07) is 0. The van der Waals surface area contributed by atoms with Crippen LogP contribution in [0, 0.1) is 0 Å². The van der Waals surface area contributed by atoms with Gasteiger partial charge in [0.05, 0.1) is 12.7 Å². The number of rotatable bonds is 3. The van der Waals surface area contributed by atoms with E-state index in [1.165, 1.54) is 0 Å². The highest BCUT2D eigenvalue weighted by Crippen LogP contribution is 2.45. The first-order valence-electron chi connectivity index (χ1n) is 8.40. The Morgan fingerprint density at radius 2 is 1.96 bits per heavy atom. The molecule has 4 nitrogen and oxygen atoms in total. The fraction of sp³-hybridized carbons (Fsp3) is 0.778. The summed E-state index contributed by atoms with van der Waals surface area (Å²) in [4.78, 5) is 0. The van der Waals surface area contributed by atoms with Gasteiger partial charge in [-0.15, -0.1) is 0 Å². The lowest BCUT2D eigenvalue weighted by atomic mass is 9.84. The zero-order valence-corrected chi connectivity index (χ0v) is 16.6. The van der Waals surface area contributed by atoms with E-state index < -0.39 is 14.1 Å². The molecule has 0 unspecified atom stereocenters. The molecule has 1 heterocycles. The minimum atomic E-state index is -1.93. The van der Waals surface area contributed by atoms with Crippen molar-refractivity contribution in [3.8, 4) is 0 Å². The quantitative estimate of drug-likeness (QED) is 0.794. The number of aliphatic hydroxyl groups excluding tert-OH is 1. The minimum absolute atomic E-state index is 0.00278. The monoisotopic (exact) mass is 340 g/mol. The van der Waals surface area contributed by atoms with E-state index in [9.17, 15) is 5.11 Å². The van der Waals surface area contributed by atoms with Crippen molar-refractivity contribution in [2.24, 2.45) is 0 Å². The van der Waals surface area contributed by atoms with E-state index in [1.807, 2.05) is 19.9 Å². The predicted molar refractivity (Wildman–Crippen MR) is 94.8 cm³/mol. The third-order valence-corrected chi connectivity index (χ3v) is 9.77. The van der Waals surface area contributed by atoms with E-state index in [-0.39, 0.29) is 30.0 Å². The van der Waals surface area contributed by atoms with Crippen LogP contribution in [0.3, 0.4) is 0 Å². The van der Waals surface area contributed by atoms with Crippen molar-refractivity contribution in [2.75, 3.05) is 6.61 Å². The summed E-state index contributed by atoms with van der Waals surface area (Å²) in [5.74, 6) is -0.637. The van der Waals surface area contributed by atoms with Gasteiger partial charge in [-0.3, -0.25) is 0 Å². The number of hydrogen-bond donors (Lipinski definition) is 1. The van der Waals surface area contributed by atoms with E-state index in [1.54, 1.807) is 0 Å². The van der Waals surface area contributed by atoms with E-state index in [2.05, 4.69) is 40.4 Å². The molecule has 0 aromatic rings. The molecular formula is C18H32O4Si. The molecule has 3 atom stereocenters. The van der Waals surface area contributed by atoms with Gasteiger partial charge in [0.15, 0.2) is 14.1 Å². The van der Waals surface area contributed by atoms with Crippen LogP contribution >= 0.6 is 0 Å². The molecule has 1 saturated heterocycles. The van der Waals surface area contributed by atoms with Gasteiger partial charge in [-0.1, -0.05) is 33.4 Å². The molecule has 1 N–H and O–H groups in total. The molecule has 0 spiro atoms.